The van der Waals surface area contributed by atoms with Gasteiger partial charge in [0.25, 0.3) is 0 Å². The van der Waals surface area contributed by atoms with Crippen molar-refractivity contribution in [3.05, 3.63) is 42.1 Å². The fourth-order valence-electron chi connectivity index (χ4n) is 4.42. The summed E-state index contributed by atoms with van der Waals surface area (Å²) < 4.78 is 0. The molecular weight excluding hydrogens is 338 g/mol. The summed E-state index contributed by atoms with van der Waals surface area (Å²) in [5, 5.41) is 14.2. The summed E-state index contributed by atoms with van der Waals surface area (Å²) in [6, 6.07) is 10.1. The molecular formula is C22H29N3O2. The van der Waals surface area contributed by atoms with Crippen LogP contribution >= 0.6 is 0 Å². The van der Waals surface area contributed by atoms with Crippen LogP contribution in [0.2, 0.25) is 0 Å². The third kappa shape index (κ3) is 3.99. The Labute approximate surface area is 160 Å². The summed E-state index contributed by atoms with van der Waals surface area (Å²) in [4.78, 5) is 19.9. The van der Waals surface area contributed by atoms with E-state index >= 15 is 0 Å². The van der Waals surface area contributed by atoms with Gasteiger partial charge in [0.1, 0.15) is 0 Å². The summed E-state index contributed by atoms with van der Waals surface area (Å²) in [7, 11) is 0. The zero-order chi connectivity index (χ0) is 18.8. The van der Waals surface area contributed by atoms with E-state index < -0.39 is 0 Å². The quantitative estimate of drug-likeness (QED) is 0.853. The number of fused-ring (bicyclic) bond motifs is 1. The molecule has 1 aromatic heterocycles. The minimum absolute atomic E-state index is 0.0674. The van der Waals surface area contributed by atoms with Gasteiger partial charge in [-0.1, -0.05) is 25.1 Å². The number of piperidine rings is 1. The summed E-state index contributed by atoms with van der Waals surface area (Å²) in [6.07, 6.45) is 4.98. The standard InChI is InChI=1S/C22H29N3O2/c1-2-25-9-7-15(8-10-25)22(27)24-21(17-12-19(26)13-17)18-11-16-5-3-4-6-20(16)23-14-18/h3-6,11,14-15,17,19,21,26H,2,7-10,12-13H2,1H3,(H,24,27)/t17?,19?,21-/m0/s1. The molecule has 1 aliphatic carbocycles. The highest BCUT2D eigenvalue weighted by Crippen LogP contribution is 2.39. The van der Waals surface area contributed by atoms with Gasteiger partial charge in [0.2, 0.25) is 5.91 Å². The van der Waals surface area contributed by atoms with Crippen molar-refractivity contribution >= 4 is 16.8 Å². The van der Waals surface area contributed by atoms with Crippen LogP contribution in [-0.2, 0) is 4.79 Å². The van der Waals surface area contributed by atoms with E-state index in [0.29, 0.717) is 0 Å². The van der Waals surface area contributed by atoms with Gasteiger partial charge in [0.15, 0.2) is 0 Å². The lowest BCUT2D eigenvalue weighted by molar-refractivity contribution is -0.128. The van der Waals surface area contributed by atoms with Crippen molar-refractivity contribution in [3.8, 4) is 0 Å². The lowest BCUT2D eigenvalue weighted by Gasteiger charge is -2.39. The molecule has 2 heterocycles. The number of aliphatic hydroxyl groups is 1. The van der Waals surface area contributed by atoms with E-state index in [9.17, 15) is 9.90 Å². The number of hydrogen-bond acceptors (Lipinski definition) is 4. The molecule has 1 saturated carbocycles. The number of carbonyl (C=O) groups is 1. The fourth-order valence-corrected chi connectivity index (χ4v) is 4.42. The summed E-state index contributed by atoms with van der Waals surface area (Å²) in [5.74, 6) is 0.529. The minimum Gasteiger partial charge on any atom is -0.393 e. The van der Waals surface area contributed by atoms with Crippen LogP contribution in [0.25, 0.3) is 10.9 Å². The second-order valence-electron chi connectivity index (χ2n) is 8.04. The normalized spacial score (nSPS) is 25.1. The highest BCUT2D eigenvalue weighted by molar-refractivity contribution is 5.81. The second kappa shape index (κ2) is 7.95. The summed E-state index contributed by atoms with van der Waals surface area (Å²) in [5.41, 5.74) is 2.01. The first-order chi connectivity index (χ1) is 13.1. The predicted molar refractivity (Wildman–Crippen MR) is 106 cm³/mol. The van der Waals surface area contributed by atoms with Crippen molar-refractivity contribution in [3.63, 3.8) is 0 Å². The number of likely N-dealkylation sites (tertiary alicyclic amines) is 1. The Kier molecular flexibility index (Phi) is 5.41. The molecule has 27 heavy (non-hydrogen) atoms. The smallest absolute Gasteiger partial charge is 0.223 e. The highest BCUT2D eigenvalue weighted by Gasteiger charge is 2.37. The van der Waals surface area contributed by atoms with Crippen LogP contribution in [0.15, 0.2) is 36.5 Å². The van der Waals surface area contributed by atoms with Crippen molar-refractivity contribution in [2.24, 2.45) is 11.8 Å². The topological polar surface area (TPSA) is 65.5 Å². The maximum Gasteiger partial charge on any atom is 0.223 e. The number of hydrogen-bond donors (Lipinski definition) is 2. The molecule has 1 aromatic carbocycles. The van der Waals surface area contributed by atoms with E-state index in [1.807, 2.05) is 24.4 Å². The zero-order valence-electron chi connectivity index (χ0n) is 16.0. The number of amides is 1. The molecule has 4 rings (SSSR count). The molecule has 2 N–H and O–H groups in total. The first kappa shape index (κ1) is 18.4. The number of nitrogens with one attached hydrogen (secondary N) is 1. The maximum absolute atomic E-state index is 13.0. The molecule has 1 saturated heterocycles. The lowest BCUT2D eigenvalue weighted by atomic mass is 9.75. The molecule has 0 radical (unpaired) electrons. The van der Waals surface area contributed by atoms with Crippen LogP contribution in [-0.4, -0.2) is 46.6 Å². The van der Waals surface area contributed by atoms with Crippen molar-refractivity contribution < 1.29 is 9.90 Å². The lowest BCUT2D eigenvalue weighted by Crippen LogP contribution is -2.45. The minimum atomic E-state index is -0.240. The molecule has 1 aliphatic heterocycles. The van der Waals surface area contributed by atoms with E-state index in [2.05, 4.69) is 34.3 Å². The van der Waals surface area contributed by atoms with Gasteiger partial charge in [-0.25, -0.2) is 0 Å². The first-order valence-corrected chi connectivity index (χ1v) is 10.2. The van der Waals surface area contributed by atoms with Crippen LogP contribution in [0, 0.1) is 11.8 Å². The number of para-hydroxylation sites is 1. The predicted octanol–water partition coefficient (Wildman–Crippen LogP) is 2.89. The van der Waals surface area contributed by atoms with Gasteiger partial charge in [0.05, 0.1) is 17.7 Å². The van der Waals surface area contributed by atoms with Gasteiger partial charge in [-0.3, -0.25) is 9.78 Å². The molecule has 2 aliphatic rings. The molecule has 2 aromatic rings. The van der Waals surface area contributed by atoms with E-state index in [1.165, 1.54) is 0 Å². The molecule has 5 heteroatoms. The van der Waals surface area contributed by atoms with E-state index in [1.54, 1.807) is 0 Å². The van der Waals surface area contributed by atoms with Gasteiger partial charge >= 0.3 is 0 Å². The summed E-state index contributed by atoms with van der Waals surface area (Å²) in [6.45, 7) is 5.22. The van der Waals surface area contributed by atoms with Crippen LogP contribution in [0.3, 0.4) is 0 Å². The monoisotopic (exact) mass is 367 g/mol. The van der Waals surface area contributed by atoms with Crippen molar-refractivity contribution in [1.29, 1.82) is 0 Å². The largest absolute Gasteiger partial charge is 0.393 e. The number of aromatic nitrogens is 1. The Bertz CT molecular complexity index is 795. The number of rotatable bonds is 5. The van der Waals surface area contributed by atoms with Crippen LogP contribution in [0.4, 0.5) is 0 Å². The van der Waals surface area contributed by atoms with Gasteiger partial charge in [-0.2, -0.15) is 0 Å². The first-order valence-electron chi connectivity index (χ1n) is 10.2. The third-order valence-electron chi connectivity index (χ3n) is 6.30. The molecule has 0 unspecified atom stereocenters. The summed E-state index contributed by atoms with van der Waals surface area (Å²) >= 11 is 0. The second-order valence-corrected chi connectivity index (χ2v) is 8.04. The number of pyridine rings is 1. The highest BCUT2D eigenvalue weighted by atomic mass is 16.3. The number of benzene rings is 1. The Morgan fingerprint density at radius 1 is 1.30 bits per heavy atom. The SMILES string of the molecule is CCN1CCC(C(=O)N[C@H](c2cnc3ccccc3c2)C2CC(O)C2)CC1. The van der Waals surface area contributed by atoms with Crippen molar-refractivity contribution in [1.82, 2.24) is 15.2 Å². The van der Waals surface area contributed by atoms with Crippen molar-refractivity contribution in [2.45, 2.75) is 44.8 Å². The molecule has 2 fully saturated rings. The van der Waals surface area contributed by atoms with Crippen LogP contribution < -0.4 is 5.32 Å². The van der Waals surface area contributed by atoms with E-state index in [0.717, 1.165) is 61.8 Å². The molecule has 1 amide bonds. The molecule has 144 valence electrons. The van der Waals surface area contributed by atoms with Gasteiger partial charge in [-0.15, -0.1) is 0 Å². The average molecular weight is 367 g/mol. The molecule has 0 bridgehead atoms. The van der Waals surface area contributed by atoms with Crippen molar-refractivity contribution in [2.75, 3.05) is 19.6 Å². The van der Waals surface area contributed by atoms with Gasteiger partial charge in [0, 0.05) is 17.5 Å². The zero-order valence-corrected chi connectivity index (χ0v) is 16.0. The molecule has 1 atom stereocenters. The van der Waals surface area contributed by atoms with Gasteiger partial charge in [-0.05, 0) is 68.9 Å². The van der Waals surface area contributed by atoms with Crippen LogP contribution in [0.1, 0.15) is 44.2 Å². The Balaban J connectivity index is 1.51. The number of aliphatic hydroxyl groups excluding tert-OH is 1. The molecule has 0 spiro atoms. The number of nitrogens with zero attached hydrogens (tertiary/aromatic N) is 2. The number of carbonyl (C=O) groups excluding carboxylic acids is 1. The third-order valence-corrected chi connectivity index (χ3v) is 6.30. The fraction of sp³-hybridized carbons (Fsp3) is 0.545. The van der Waals surface area contributed by atoms with E-state index in [-0.39, 0.29) is 29.9 Å². The average Bonchev–Trinajstić information content (AvgIpc) is 2.69. The van der Waals surface area contributed by atoms with Gasteiger partial charge < -0.3 is 15.3 Å². The Morgan fingerprint density at radius 2 is 2.04 bits per heavy atom. The van der Waals surface area contributed by atoms with Crippen LogP contribution in [0.5, 0.6) is 0 Å². The Morgan fingerprint density at radius 3 is 2.74 bits per heavy atom. The maximum atomic E-state index is 13.0. The molecule has 5 nitrogen and oxygen atoms in total. The van der Waals surface area contributed by atoms with E-state index in [4.69, 9.17) is 0 Å². The Hall–Kier alpha value is -1.98.